The summed E-state index contributed by atoms with van der Waals surface area (Å²) in [6, 6.07) is 23.5. The fourth-order valence-electron chi connectivity index (χ4n) is 5.17. The largest absolute Gasteiger partial charge is 0.392 e. The van der Waals surface area contributed by atoms with E-state index in [0.29, 0.717) is 35.1 Å². The Morgan fingerprint density at radius 1 is 0.949 bits per heavy atom. The Bertz CT molecular complexity index is 1590. The summed E-state index contributed by atoms with van der Waals surface area (Å²) in [5, 5.41) is 10.8. The average Bonchev–Trinajstić information content (AvgIpc) is 2.96. The van der Waals surface area contributed by atoms with Crippen LogP contribution in [0.15, 0.2) is 90.0 Å². The van der Waals surface area contributed by atoms with Crippen molar-refractivity contribution < 1.29 is 18.3 Å². The molecule has 1 aliphatic heterocycles. The van der Waals surface area contributed by atoms with Gasteiger partial charge in [0.25, 0.3) is 15.9 Å². The minimum atomic E-state index is -3.96. The summed E-state index contributed by atoms with van der Waals surface area (Å²) in [6.07, 6.45) is 1.55. The van der Waals surface area contributed by atoms with E-state index in [-0.39, 0.29) is 22.0 Å². The van der Waals surface area contributed by atoms with Crippen molar-refractivity contribution in [2.45, 2.75) is 30.9 Å². The first-order valence-electron chi connectivity index (χ1n) is 12.9. The molecule has 1 saturated heterocycles. The van der Waals surface area contributed by atoms with Crippen molar-refractivity contribution in [2.75, 3.05) is 30.9 Å². The van der Waals surface area contributed by atoms with E-state index < -0.39 is 16.6 Å². The van der Waals surface area contributed by atoms with E-state index in [1.807, 2.05) is 18.2 Å². The summed E-state index contributed by atoms with van der Waals surface area (Å²) in [7, 11) is -3.96. The molecule has 0 unspecified atom stereocenters. The number of piperazine rings is 1. The summed E-state index contributed by atoms with van der Waals surface area (Å²) in [5.41, 5.74) is 2.43. The van der Waals surface area contributed by atoms with Gasteiger partial charge in [-0.15, -0.1) is 0 Å². The number of aliphatic hydroxyl groups excluding tert-OH is 1. The maximum atomic E-state index is 13.4. The highest BCUT2D eigenvalue weighted by Gasteiger charge is 2.33. The van der Waals surface area contributed by atoms with Crippen molar-refractivity contribution in [3.05, 3.63) is 102 Å². The molecule has 5 rings (SSSR count). The van der Waals surface area contributed by atoms with Gasteiger partial charge in [0, 0.05) is 54.6 Å². The molecule has 0 spiro atoms. The Labute approximate surface area is 229 Å². The van der Waals surface area contributed by atoms with Crippen LogP contribution in [0.25, 0.3) is 10.9 Å². The number of fused-ring (bicyclic) bond motifs is 1. The van der Waals surface area contributed by atoms with Gasteiger partial charge in [-0.05, 0) is 55.3 Å². The van der Waals surface area contributed by atoms with Crippen molar-refractivity contribution in [1.29, 1.82) is 0 Å². The van der Waals surface area contributed by atoms with Gasteiger partial charge in [-0.2, -0.15) is 0 Å². The third-order valence-corrected chi connectivity index (χ3v) is 8.89. The van der Waals surface area contributed by atoms with Gasteiger partial charge in [0.1, 0.15) is 4.90 Å². The maximum absolute atomic E-state index is 13.4. The molecule has 202 valence electrons. The number of nitrogens with zero attached hydrogens (tertiary/aromatic N) is 3. The van der Waals surface area contributed by atoms with Crippen LogP contribution in [0.5, 0.6) is 0 Å². The van der Waals surface area contributed by atoms with Gasteiger partial charge in [-0.3, -0.25) is 19.4 Å². The van der Waals surface area contributed by atoms with Crippen LogP contribution in [0.1, 0.15) is 35.3 Å². The number of nitrogens with one attached hydrogen (secondary N) is 1. The molecule has 1 fully saturated rings. The topological polar surface area (TPSA) is 103 Å². The van der Waals surface area contributed by atoms with Crippen molar-refractivity contribution >= 4 is 32.5 Å². The Morgan fingerprint density at radius 2 is 1.67 bits per heavy atom. The molecule has 0 saturated carbocycles. The van der Waals surface area contributed by atoms with Crippen LogP contribution in [0.2, 0.25) is 0 Å². The first-order chi connectivity index (χ1) is 18.7. The van der Waals surface area contributed by atoms with Crippen molar-refractivity contribution in [3.63, 3.8) is 0 Å². The van der Waals surface area contributed by atoms with E-state index in [4.69, 9.17) is 0 Å². The molecule has 39 heavy (non-hydrogen) atoms. The maximum Gasteiger partial charge on any atom is 0.264 e. The van der Waals surface area contributed by atoms with E-state index in [1.165, 1.54) is 17.7 Å². The van der Waals surface area contributed by atoms with Gasteiger partial charge >= 0.3 is 0 Å². The van der Waals surface area contributed by atoms with Gasteiger partial charge in [0.2, 0.25) is 0 Å². The monoisotopic (exact) mass is 544 g/mol. The molecule has 3 aromatic carbocycles. The van der Waals surface area contributed by atoms with Gasteiger partial charge in [-0.25, -0.2) is 8.42 Å². The van der Waals surface area contributed by atoms with E-state index in [2.05, 4.69) is 40.6 Å². The highest BCUT2D eigenvalue weighted by molar-refractivity contribution is 7.93. The molecule has 8 nitrogen and oxygen atoms in total. The second-order valence-electron chi connectivity index (χ2n) is 10.2. The molecular formula is C30H32N4O4S. The number of carbonyl (C=O) groups excluding carboxylic acids is 1. The highest BCUT2D eigenvalue weighted by atomic mass is 32.2. The molecule has 1 amide bonds. The second-order valence-corrected chi connectivity index (χ2v) is 11.8. The number of rotatable bonds is 7. The number of hydrogen-bond acceptors (Lipinski definition) is 6. The third-order valence-electron chi connectivity index (χ3n) is 7.48. The summed E-state index contributed by atoms with van der Waals surface area (Å²) in [5.74, 6) is -0.177. The molecule has 2 heterocycles. The first-order valence-corrected chi connectivity index (χ1v) is 14.4. The molecule has 9 heteroatoms. The van der Waals surface area contributed by atoms with Crippen molar-refractivity contribution in [1.82, 2.24) is 14.8 Å². The quantitative estimate of drug-likeness (QED) is 0.361. The summed E-state index contributed by atoms with van der Waals surface area (Å²) < 4.78 is 29.0. The number of pyridine rings is 1. The standard InChI is InChI=1S/C30H32N4O4S/c1-30(2,24-10-4-3-5-11-24)34-18-16-33(17-19-34)29(36)26-14-13-25(20-23(26)21-35)32-39(37,38)27-12-6-8-22-9-7-15-31-28(22)27/h3-15,20,32,35H,16-19,21H2,1-2H3. The Hall–Kier alpha value is -3.79. The predicted octanol–water partition coefficient (Wildman–Crippen LogP) is 4.22. The minimum Gasteiger partial charge on any atom is -0.392 e. The SMILES string of the molecule is CC(C)(c1ccccc1)N1CCN(C(=O)c2ccc(NS(=O)(=O)c3cccc4cccnc34)cc2CO)CC1. The lowest BCUT2D eigenvalue weighted by atomic mass is 9.91. The highest BCUT2D eigenvalue weighted by Crippen LogP contribution is 2.29. The molecule has 4 aromatic rings. The Balaban J connectivity index is 1.31. The molecule has 0 atom stereocenters. The van der Waals surface area contributed by atoms with Crippen LogP contribution in [0.4, 0.5) is 5.69 Å². The Morgan fingerprint density at radius 3 is 2.38 bits per heavy atom. The predicted molar refractivity (Wildman–Crippen MR) is 152 cm³/mol. The minimum absolute atomic E-state index is 0.0580. The lowest BCUT2D eigenvalue weighted by Crippen LogP contribution is -2.54. The van der Waals surface area contributed by atoms with Gasteiger partial charge in [0.15, 0.2) is 0 Å². The molecule has 0 bridgehead atoms. The summed E-state index contributed by atoms with van der Waals surface area (Å²) in [4.78, 5) is 21.9. The number of carbonyl (C=O) groups is 1. The first kappa shape index (κ1) is 26.8. The fraction of sp³-hybridized carbons (Fsp3) is 0.267. The van der Waals surface area contributed by atoms with Gasteiger partial charge in [0.05, 0.1) is 12.1 Å². The van der Waals surface area contributed by atoms with Crippen LogP contribution in [-0.4, -0.2) is 60.4 Å². The molecule has 0 radical (unpaired) electrons. The smallest absolute Gasteiger partial charge is 0.264 e. The lowest BCUT2D eigenvalue weighted by molar-refractivity contribution is 0.0390. The fourth-order valence-corrected chi connectivity index (χ4v) is 6.40. The van der Waals surface area contributed by atoms with E-state index in [0.717, 1.165) is 13.1 Å². The summed E-state index contributed by atoms with van der Waals surface area (Å²) >= 11 is 0. The molecule has 0 aliphatic carbocycles. The number of aliphatic hydroxyl groups is 1. The molecule has 1 aliphatic rings. The average molecular weight is 545 g/mol. The van der Waals surface area contributed by atoms with Crippen molar-refractivity contribution in [3.8, 4) is 0 Å². The van der Waals surface area contributed by atoms with Crippen LogP contribution in [0.3, 0.4) is 0 Å². The zero-order valence-corrected chi connectivity index (χ0v) is 22.9. The number of aromatic nitrogens is 1. The van der Waals surface area contributed by atoms with Crippen LogP contribution < -0.4 is 4.72 Å². The number of benzene rings is 3. The second kappa shape index (κ2) is 10.8. The van der Waals surface area contributed by atoms with Crippen molar-refractivity contribution in [2.24, 2.45) is 0 Å². The number of sulfonamides is 1. The zero-order valence-electron chi connectivity index (χ0n) is 22.0. The molecule has 1 aromatic heterocycles. The zero-order chi connectivity index (χ0) is 27.6. The number of hydrogen-bond donors (Lipinski definition) is 2. The van der Waals surface area contributed by atoms with Crippen LogP contribution in [-0.2, 0) is 22.2 Å². The molecular weight excluding hydrogens is 512 g/mol. The Kier molecular flexibility index (Phi) is 7.40. The van der Waals surface area contributed by atoms with E-state index in [9.17, 15) is 18.3 Å². The van der Waals surface area contributed by atoms with Crippen LogP contribution in [0, 0.1) is 0 Å². The van der Waals surface area contributed by atoms with E-state index >= 15 is 0 Å². The van der Waals surface area contributed by atoms with Gasteiger partial charge in [-0.1, -0.05) is 48.5 Å². The summed E-state index contributed by atoms with van der Waals surface area (Å²) in [6.45, 7) is 6.55. The van der Waals surface area contributed by atoms with E-state index in [1.54, 1.807) is 47.5 Å². The number of anilines is 1. The number of amides is 1. The molecule has 2 N–H and O–H groups in total. The normalized spacial score (nSPS) is 14.9. The lowest BCUT2D eigenvalue weighted by Gasteiger charge is -2.44. The van der Waals surface area contributed by atoms with Crippen LogP contribution >= 0.6 is 0 Å². The van der Waals surface area contributed by atoms with Gasteiger partial charge < -0.3 is 10.0 Å². The number of para-hydroxylation sites is 1. The third kappa shape index (κ3) is 5.38.